The zero-order valence-electron chi connectivity index (χ0n) is 16.0. The number of anilines is 1. The van der Waals surface area contributed by atoms with Crippen molar-refractivity contribution in [1.82, 2.24) is 9.88 Å². The topological polar surface area (TPSA) is 31.7 Å². The number of thioether (sulfide) groups is 1. The molecule has 1 aromatic carbocycles. The molecule has 5 rings (SSSR count). The van der Waals surface area contributed by atoms with Gasteiger partial charge in [0.25, 0.3) is 0 Å². The van der Waals surface area contributed by atoms with Crippen LogP contribution < -0.4 is 4.90 Å². The summed E-state index contributed by atoms with van der Waals surface area (Å²) in [5.74, 6) is 0. The number of rotatable bonds is 3. The summed E-state index contributed by atoms with van der Waals surface area (Å²) in [5, 5.41) is 1.78. The Bertz CT molecular complexity index is 860. The Hall–Kier alpha value is -2.01. The van der Waals surface area contributed by atoms with Crippen LogP contribution in [-0.4, -0.2) is 39.9 Å². The lowest BCUT2D eigenvalue weighted by molar-refractivity contribution is 0.320. The maximum Gasteiger partial charge on any atom is 0.160 e. The molecule has 1 aromatic heterocycles. The smallest absolute Gasteiger partial charge is 0.160 e. The summed E-state index contributed by atoms with van der Waals surface area (Å²) in [7, 11) is 0. The zero-order chi connectivity index (χ0) is 18.4. The SMILES string of the molecule is Cc1cc(N2CCCC2)ccc1[C@@H]1[C@H](c2ccccn2)N=C2S[C@H](C)CN21. The van der Waals surface area contributed by atoms with Gasteiger partial charge in [-0.05, 0) is 55.2 Å². The van der Waals surface area contributed by atoms with Gasteiger partial charge in [0.05, 0.1) is 11.7 Å². The molecule has 0 bridgehead atoms. The van der Waals surface area contributed by atoms with E-state index < -0.39 is 0 Å². The van der Waals surface area contributed by atoms with Crippen molar-refractivity contribution < 1.29 is 0 Å². The van der Waals surface area contributed by atoms with E-state index in [0.29, 0.717) is 5.25 Å². The minimum absolute atomic E-state index is 0.0811. The van der Waals surface area contributed by atoms with E-state index in [1.807, 2.05) is 24.0 Å². The van der Waals surface area contributed by atoms with E-state index in [1.54, 1.807) is 0 Å². The van der Waals surface area contributed by atoms with Gasteiger partial charge in [0.1, 0.15) is 6.04 Å². The molecule has 0 amide bonds. The average molecular weight is 379 g/mol. The number of hydrogen-bond acceptors (Lipinski definition) is 5. The average Bonchev–Trinajstić information content (AvgIpc) is 3.39. The molecule has 2 saturated heterocycles. The fraction of sp³-hybridized carbons (Fsp3) is 0.455. The number of amidine groups is 1. The number of benzene rings is 1. The molecule has 140 valence electrons. The molecule has 0 spiro atoms. The molecule has 0 radical (unpaired) electrons. The number of pyridine rings is 1. The second-order valence-corrected chi connectivity index (χ2v) is 9.28. The van der Waals surface area contributed by atoms with Crippen LogP contribution in [0.25, 0.3) is 0 Å². The lowest BCUT2D eigenvalue weighted by atomic mass is 9.92. The molecule has 2 fully saturated rings. The summed E-state index contributed by atoms with van der Waals surface area (Å²) < 4.78 is 0. The van der Waals surface area contributed by atoms with Gasteiger partial charge in [0, 0.05) is 36.8 Å². The highest BCUT2D eigenvalue weighted by molar-refractivity contribution is 8.14. The maximum absolute atomic E-state index is 5.10. The fourth-order valence-corrected chi connectivity index (χ4v) is 5.71. The van der Waals surface area contributed by atoms with Crippen LogP contribution in [-0.2, 0) is 0 Å². The largest absolute Gasteiger partial charge is 0.372 e. The molecule has 0 N–H and O–H groups in total. The summed E-state index contributed by atoms with van der Waals surface area (Å²) >= 11 is 1.90. The van der Waals surface area contributed by atoms with Gasteiger partial charge in [0.15, 0.2) is 5.17 Å². The van der Waals surface area contributed by atoms with Crippen LogP contribution in [0.4, 0.5) is 5.69 Å². The number of aryl methyl sites for hydroxylation is 1. The number of hydrogen-bond donors (Lipinski definition) is 0. The minimum atomic E-state index is 0.0811. The van der Waals surface area contributed by atoms with Gasteiger partial charge in [-0.3, -0.25) is 9.98 Å². The summed E-state index contributed by atoms with van der Waals surface area (Å²) in [6.07, 6.45) is 4.51. The van der Waals surface area contributed by atoms with Crippen molar-refractivity contribution >= 4 is 22.6 Å². The first-order valence-electron chi connectivity index (χ1n) is 9.98. The van der Waals surface area contributed by atoms with E-state index >= 15 is 0 Å². The first-order valence-corrected chi connectivity index (χ1v) is 10.9. The second kappa shape index (κ2) is 6.86. The van der Waals surface area contributed by atoms with Gasteiger partial charge in [-0.1, -0.05) is 30.8 Å². The quantitative estimate of drug-likeness (QED) is 0.782. The first-order chi connectivity index (χ1) is 13.2. The molecule has 5 heteroatoms. The third-order valence-corrected chi connectivity index (χ3v) is 7.03. The Balaban J connectivity index is 1.53. The highest BCUT2D eigenvalue weighted by Crippen LogP contribution is 2.48. The third-order valence-electron chi connectivity index (χ3n) is 5.92. The predicted octanol–water partition coefficient (Wildman–Crippen LogP) is 4.58. The van der Waals surface area contributed by atoms with E-state index in [0.717, 1.165) is 12.2 Å². The molecule has 3 aliphatic rings. The molecule has 4 nitrogen and oxygen atoms in total. The normalized spacial score (nSPS) is 27.2. The van der Waals surface area contributed by atoms with Crippen molar-refractivity contribution in [2.24, 2.45) is 4.99 Å². The Morgan fingerprint density at radius 1 is 1.11 bits per heavy atom. The van der Waals surface area contributed by atoms with Crippen LogP contribution in [0.1, 0.15) is 48.7 Å². The number of nitrogens with zero attached hydrogens (tertiary/aromatic N) is 4. The maximum atomic E-state index is 5.10. The van der Waals surface area contributed by atoms with Crippen molar-refractivity contribution in [2.75, 3.05) is 24.5 Å². The monoisotopic (exact) mass is 378 g/mol. The van der Waals surface area contributed by atoms with Gasteiger partial charge in [-0.25, -0.2) is 0 Å². The molecule has 0 aliphatic carbocycles. The standard InChI is InChI=1S/C22H26N4S/c1-15-13-17(25-11-5-6-12-25)8-9-18(15)21-20(19-7-3-4-10-23-19)24-22-26(21)14-16(2)27-22/h3-4,7-10,13,16,20-21H,5-6,11-12,14H2,1-2H3/t16-,20+,21-/m1/s1. The van der Waals surface area contributed by atoms with Crippen molar-refractivity contribution in [3.8, 4) is 0 Å². The Morgan fingerprint density at radius 3 is 2.70 bits per heavy atom. The van der Waals surface area contributed by atoms with Gasteiger partial charge in [-0.15, -0.1) is 0 Å². The summed E-state index contributed by atoms with van der Waals surface area (Å²) in [5.41, 5.74) is 5.19. The fourth-order valence-electron chi connectivity index (χ4n) is 4.62. The van der Waals surface area contributed by atoms with Crippen molar-refractivity contribution in [3.63, 3.8) is 0 Å². The van der Waals surface area contributed by atoms with E-state index in [2.05, 4.69) is 59.0 Å². The highest BCUT2D eigenvalue weighted by atomic mass is 32.2. The zero-order valence-corrected chi connectivity index (χ0v) is 16.8. The summed E-state index contributed by atoms with van der Waals surface area (Å²) in [6.45, 7) is 7.99. The van der Waals surface area contributed by atoms with E-state index in [-0.39, 0.29) is 12.1 Å². The lowest BCUT2D eigenvalue weighted by Crippen LogP contribution is -2.29. The van der Waals surface area contributed by atoms with Crippen LogP contribution in [0.15, 0.2) is 47.6 Å². The van der Waals surface area contributed by atoms with E-state index in [4.69, 9.17) is 4.99 Å². The van der Waals surface area contributed by atoms with Crippen LogP contribution in [0.5, 0.6) is 0 Å². The van der Waals surface area contributed by atoms with Gasteiger partial charge < -0.3 is 9.80 Å². The number of aliphatic imine (C=N–C) groups is 1. The molecule has 3 aliphatic heterocycles. The highest BCUT2D eigenvalue weighted by Gasteiger charge is 2.44. The van der Waals surface area contributed by atoms with Crippen LogP contribution in [0.3, 0.4) is 0 Å². The number of aromatic nitrogens is 1. The second-order valence-electron chi connectivity index (χ2n) is 7.87. The first kappa shape index (κ1) is 17.1. The Labute approximate surface area is 165 Å². The molecule has 0 saturated carbocycles. The predicted molar refractivity (Wildman–Crippen MR) is 114 cm³/mol. The Kier molecular flexibility index (Phi) is 4.35. The van der Waals surface area contributed by atoms with Crippen molar-refractivity contribution in [3.05, 3.63) is 59.4 Å². The summed E-state index contributed by atoms with van der Waals surface area (Å²) in [4.78, 5) is 14.8. The van der Waals surface area contributed by atoms with Crippen LogP contribution in [0, 0.1) is 6.92 Å². The molecule has 27 heavy (non-hydrogen) atoms. The van der Waals surface area contributed by atoms with Gasteiger partial charge in [-0.2, -0.15) is 0 Å². The van der Waals surface area contributed by atoms with Crippen LogP contribution in [0.2, 0.25) is 0 Å². The van der Waals surface area contributed by atoms with Gasteiger partial charge in [0.2, 0.25) is 0 Å². The van der Waals surface area contributed by atoms with E-state index in [1.165, 1.54) is 47.9 Å². The molecule has 0 unspecified atom stereocenters. The van der Waals surface area contributed by atoms with E-state index in [9.17, 15) is 0 Å². The molecule has 4 heterocycles. The molecule has 2 aromatic rings. The van der Waals surface area contributed by atoms with Crippen molar-refractivity contribution in [1.29, 1.82) is 0 Å². The molecular formula is C22H26N4S. The molecular weight excluding hydrogens is 352 g/mol. The van der Waals surface area contributed by atoms with Crippen molar-refractivity contribution in [2.45, 2.75) is 44.0 Å². The third kappa shape index (κ3) is 3.02. The summed E-state index contributed by atoms with van der Waals surface area (Å²) in [6, 6.07) is 13.5. The lowest BCUT2D eigenvalue weighted by Gasteiger charge is -2.29. The van der Waals surface area contributed by atoms with Crippen LogP contribution >= 0.6 is 11.8 Å². The Morgan fingerprint density at radius 2 is 1.96 bits per heavy atom. The van der Waals surface area contributed by atoms with Gasteiger partial charge >= 0.3 is 0 Å². The molecule has 3 atom stereocenters. The minimum Gasteiger partial charge on any atom is -0.372 e. The number of fused-ring (bicyclic) bond motifs is 1.